The Morgan fingerprint density at radius 1 is 1.15 bits per heavy atom. The largest absolute Gasteiger partial charge is 0.229 e. The van der Waals surface area contributed by atoms with E-state index in [1.807, 2.05) is 38.1 Å². The SMILES string of the molecule is CCCS(=O)(=O)CCC(CCl)(CCl)c1cccc(C)c1. The predicted molar refractivity (Wildman–Crippen MR) is 87.9 cm³/mol. The van der Waals surface area contributed by atoms with Crippen molar-refractivity contribution in [3.05, 3.63) is 35.4 Å². The van der Waals surface area contributed by atoms with Gasteiger partial charge >= 0.3 is 0 Å². The van der Waals surface area contributed by atoms with Crippen LogP contribution in [0.5, 0.6) is 0 Å². The van der Waals surface area contributed by atoms with Gasteiger partial charge in [0, 0.05) is 22.9 Å². The molecule has 1 aromatic carbocycles. The van der Waals surface area contributed by atoms with E-state index in [0.717, 1.165) is 11.1 Å². The topological polar surface area (TPSA) is 34.1 Å². The molecule has 0 atom stereocenters. The molecule has 20 heavy (non-hydrogen) atoms. The van der Waals surface area contributed by atoms with Gasteiger partial charge in [-0.1, -0.05) is 36.8 Å². The van der Waals surface area contributed by atoms with E-state index in [-0.39, 0.29) is 11.5 Å². The van der Waals surface area contributed by atoms with Gasteiger partial charge in [-0.15, -0.1) is 23.2 Å². The monoisotopic (exact) mass is 336 g/mol. The van der Waals surface area contributed by atoms with E-state index >= 15 is 0 Å². The van der Waals surface area contributed by atoms with Crippen molar-refractivity contribution in [1.82, 2.24) is 0 Å². The maximum absolute atomic E-state index is 11.9. The molecule has 1 rings (SSSR count). The molecule has 0 saturated heterocycles. The summed E-state index contributed by atoms with van der Waals surface area (Å²) in [4.78, 5) is 0. The fraction of sp³-hybridized carbons (Fsp3) is 0.600. The molecule has 5 heteroatoms. The van der Waals surface area contributed by atoms with Crippen molar-refractivity contribution in [3.8, 4) is 0 Å². The van der Waals surface area contributed by atoms with Crippen molar-refractivity contribution >= 4 is 33.0 Å². The lowest BCUT2D eigenvalue weighted by Gasteiger charge is -2.30. The highest BCUT2D eigenvalue weighted by Gasteiger charge is 2.32. The summed E-state index contributed by atoms with van der Waals surface area (Å²) in [7, 11) is -3.02. The van der Waals surface area contributed by atoms with E-state index in [9.17, 15) is 8.42 Å². The highest BCUT2D eigenvalue weighted by molar-refractivity contribution is 7.91. The van der Waals surface area contributed by atoms with Crippen LogP contribution in [0.15, 0.2) is 24.3 Å². The minimum absolute atomic E-state index is 0.133. The van der Waals surface area contributed by atoms with Gasteiger partial charge in [0.1, 0.15) is 9.84 Å². The molecule has 0 fully saturated rings. The number of benzene rings is 1. The summed E-state index contributed by atoms with van der Waals surface area (Å²) in [5, 5.41) is 0. The maximum Gasteiger partial charge on any atom is 0.150 e. The number of sulfone groups is 1. The first-order chi connectivity index (χ1) is 9.39. The molecule has 0 saturated carbocycles. The Balaban J connectivity index is 2.99. The number of aryl methyl sites for hydroxylation is 1. The van der Waals surface area contributed by atoms with Crippen molar-refractivity contribution in [2.45, 2.75) is 32.1 Å². The summed E-state index contributed by atoms with van der Waals surface area (Å²) in [5.41, 5.74) is 1.67. The van der Waals surface area contributed by atoms with Crippen LogP contribution in [-0.4, -0.2) is 31.7 Å². The summed E-state index contributed by atoms with van der Waals surface area (Å²) in [5.74, 6) is 0.999. The number of alkyl halides is 2. The van der Waals surface area contributed by atoms with Crippen LogP contribution in [0.25, 0.3) is 0 Å². The second-order valence-electron chi connectivity index (χ2n) is 5.32. The van der Waals surface area contributed by atoms with Crippen LogP contribution in [0.2, 0.25) is 0 Å². The van der Waals surface area contributed by atoms with Crippen molar-refractivity contribution in [2.24, 2.45) is 0 Å². The lowest BCUT2D eigenvalue weighted by Crippen LogP contribution is -2.33. The standard InChI is InChI=1S/C15H22Cl2O2S/c1-3-8-20(18,19)9-7-15(11-16,12-17)14-6-4-5-13(2)10-14/h4-6,10H,3,7-9,11-12H2,1-2H3. The van der Waals surface area contributed by atoms with E-state index < -0.39 is 15.3 Å². The fourth-order valence-electron chi connectivity index (χ4n) is 2.21. The van der Waals surface area contributed by atoms with E-state index in [4.69, 9.17) is 23.2 Å². The summed E-state index contributed by atoms with van der Waals surface area (Å²) in [6, 6.07) is 7.98. The van der Waals surface area contributed by atoms with Crippen molar-refractivity contribution in [1.29, 1.82) is 0 Å². The molecule has 2 nitrogen and oxygen atoms in total. The van der Waals surface area contributed by atoms with Crippen LogP contribution in [0, 0.1) is 6.92 Å². The Kier molecular flexibility index (Phi) is 6.83. The molecule has 0 radical (unpaired) electrons. The van der Waals surface area contributed by atoms with E-state index in [1.54, 1.807) is 0 Å². The van der Waals surface area contributed by atoms with Crippen molar-refractivity contribution in [2.75, 3.05) is 23.3 Å². The first-order valence-corrected chi connectivity index (χ1v) is 9.67. The Morgan fingerprint density at radius 3 is 2.30 bits per heavy atom. The predicted octanol–water partition coefficient (Wildman–Crippen LogP) is 3.93. The summed E-state index contributed by atoms with van der Waals surface area (Å²) in [6.07, 6.45) is 1.10. The molecule has 0 spiro atoms. The lowest BCUT2D eigenvalue weighted by molar-refractivity contribution is 0.511. The second kappa shape index (κ2) is 7.67. The quantitative estimate of drug-likeness (QED) is 0.674. The van der Waals surface area contributed by atoms with Gasteiger partial charge in [0.2, 0.25) is 0 Å². The van der Waals surface area contributed by atoms with Crippen molar-refractivity contribution < 1.29 is 8.42 Å². The third-order valence-electron chi connectivity index (χ3n) is 3.55. The van der Waals surface area contributed by atoms with Crippen LogP contribution in [-0.2, 0) is 15.3 Å². The molecule has 114 valence electrons. The Morgan fingerprint density at radius 2 is 1.80 bits per heavy atom. The molecular formula is C15H22Cl2O2S. The molecule has 0 aliphatic carbocycles. The van der Waals surface area contributed by atoms with Gasteiger partial charge in [-0.25, -0.2) is 8.42 Å². The third-order valence-corrected chi connectivity index (χ3v) is 6.43. The zero-order valence-electron chi connectivity index (χ0n) is 12.0. The van der Waals surface area contributed by atoms with Crippen LogP contribution < -0.4 is 0 Å². The molecule has 0 amide bonds. The number of hydrogen-bond acceptors (Lipinski definition) is 2. The molecule has 0 unspecified atom stereocenters. The Hall–Kier alpha value is -0.250. The minimum Gasteiger partial charge on any atom is -0.229 e. The van der Waals surface area contributed by atoms with Gasteiger partial charge in [-0.3, -0.25) is 0 Å². The summed E-state index contributed by atoms with van der Waals surface area (Å²) < 4.78 is 23.8. The van der Waals surface area contributed by atoms with Gasteiger partial charge in [0.15, 0.2) is 0 Å². The molecular weight excluding hydrogens is 315 g/mol. The smallest absolute Gasteiger partial charge is 0.150 e. The molecule has 0 bridgehead atoms. The average Bonchev–Trinajstić information content (AvgIpc) is 2.40. The van der Waals surface area contributed by atoms with Crippen molar-refractivity contribution in [3.63, 3.8) is 0 Å². The van der Waals surface area contributed by atoms with Gasteiger partial charge in [0.25, 0.3) is 0 Å². The third kappa shape index (κ3) is 4.64. The molecule has 0 aliphatic heterocycles. The number of rotatable bonds is 8. The summed E-state index contributed by atoms with van der Waals surface area (Å²) >= 11 is 12.3. The molecule has 1 aromatic rings. The highest BCUT2D eigenvalue weighted by atomic mass is 35.5. The molecule has 0 aromatic heterocycles. The highest BCUT2D eigenvalue weighted by Crippen LogP contribution is 2.32. The van der Waals surface area contributed by atoms with Crippen LogP contribution in [0.3, 0.4) is 0 Å². The molecule has 0 heterocycles. The first kappa shape index (κ1) is 17.8. The average molecular weight is 337 g/mol. The number of hydrogen-bond donors (Lipinski definition) is 0. The van der Waals surface area contributed by atoms with Crippen LogP contribution in [0.1, 0.15) is 30.9 Å². The number of halogens is 2. The van der Waals surface area contributed by atoms with Gasteiger partial charge in [-0.05, 0) is 25.3 Å². The zero-order valence-corrected chi connectivity index (χ0v) is 14.4. The minimum atomic E-state index is -3.02. The Labute approximate surface area is 132 Å². The zero-order chi connectivity index (χ0) is 15.2. The first-order valence-electron chi connectivity index (χ1n) is 6.78. The van der Waals surface area contributed by atoms with Gasteiger partial charge < -0.3 is 0 Å². The lowest BCUT2D eigenvalue weighted by atomic mass is 9.81. The van der Waals surface area contributed by atoms with Gasteiger partial charge in [0.05, 0.1) is 5.75 Å². The van der Waals surface area contributed by atoms with Crippen LogP contribution >= 0.6 is 23.2 Å². The normalized spacial score (nSPS) is 12.6. The molecule has 0 N–H and O–H groups in total. The van der Waals surface area contributed by atoms with E-state index in [2.05, 4.69) is 0 Å². The summed E-state index contributed by atoms with van der Waals surface area (Å²) in [6.45, 7) is 3.87. The Bertz CT molecular complexity index is 522. The van der Waals surface area contributed by atoms with E-state index in [0.29, 0.717) is 24.6 Å². The molecule has 0 aliphatic rings. The fourth-order valence-corrected chi connectivity index (χ4v) is 4.60. The second-order valence-corrected chi connectivity index (χ2v) is 8.16. The van der Waals surface area contributed by atoms with Gasteiger partial charge in [-0.2, -0.15) is 0 Å². The maximum atomic E-state index is 11.9. The van der Waals surface area contributed by atoms with Crippen LogP contribution in [0.4, 0.5) is 0 Å². The van der Waals surface area contributed by atoms with E-state index in [1.165, 1.54) is 0 Å².